The minimum Gasteiger partial charge on any atom is -0.497 e. The van der Waals surface area contributed by atoms with Crippen LogP contribution in [0.5, 0.6) is 5.75 Å². The van der Waals surface area contributed by atoms with Crippen molar-refractivity contribution >= 4 is 27.4 Å². The maximum absolute atomic E-state index is 5.38. The number of halogens is 1. The van der Waals surface area contributed by atoms with E-state index in [0.717, 1.165) is 39.5 Å². The van der Waals surface area contributed by atoms with Gasteiger partial charge in [0.1, 0.15) is 22.9 Å². The van der Waals surface area contributed by atoms with Crippen LogP contribution < -0.4 is 10.1 Å². The highest BCUT2D eigenvalue weighted by atomic mass is 79.9. The summed E-state index contributed by atoms with van der Waals surface area (Å²) in [5.41, 5.74) is 4.02. The van der Waals surface area contributed by atoms with Gasteiger partial charge in [-0.2, -0.15) is 0 Å². The number of hydrogen-bond acceptors (Lipinski definition) is 3. The molecule has 0 spiro atoms. The first-order valence-electron chi connectivity index (χ1n) is 8.34. The summed E-state index contributed by atoms with van der Waals surface area (Å²) in [4.78, 5) is 4.84. The summed E-state index contributed by atoms with van der Waals surface area (Å²) in [6.07, 6.45) is 2.03. The van der Waals surface area contributed by atoms with Crippen LogP contribution >= 0.6 is 15.9 Å². The molecular formula is C21H18BrN3O. The molecule has 0 radical (unpaired) electrons. The van der Waals surface area contributed by atoms with Crippen molar-refractivity contribution in [3.05, 3.63) is 83.0 Å². The van der Waals surface area contributed by atoms with E-state index in [2.05, 4.69) is 37.8 Å². The molecule has 0 aliphatic rings. The Morgan fingerprint density at radius 1 is 1.04 bits per heavy atom. The van der Waals surface area contributed by atoms with Crippen molar-refractivity contribution in [3.8, 4) is 17.0 Å². The van der Waals surface area contributed by atoms with Crippen molar-refractivity contribution in [2.24, 2.45) is 0 Å². The number of ether oxygens (including phenoxy) is 1. The fourth-order valence-electron chi connectivity index (χ4n) is 2.94. The van der Waals surface area contributed by atoms with Gasteiger partial charge in [-0.05, 0) is 45.8 Å². The monoisotopic (exact) mass is 407 g/mol. The fourth-order valence-corrected chi connectivity index (χ4v) is 3.28. The van der Waals surface area contributed by atoms with Crippen molar-refractivity contribution in [2.45, 2.75) is 6.54 Å². The summed E-state index contributed by atoms with van der Waals surface area (Å²) in [5.74, 6) is 1.77. The topological polar surface area (TPSA) is 38.6 Å². The van der Waals surface area contributed by atoms with Crippen LogP contribution in [0.3, 0.4) is 0 Å². The third-order valence-electron chi connectivity index (χ3n) is 4.23. The molecule has 4 nitrogen and oxygen atoms in total. The van der Waals surface area contributed by atoms with Gasteiger partial charge in [0.25, 0.3) is 0 Å². The predicted octanol–water partition coefficient (Wildman–Crippen LogP) is 5.38. The Morgan fingerprint density at radius 2 is 1.88 bits per heavy atom. The quantitative estimate of drug-likeness (QED) is 0.482. The summed E-state index contributed by atoms with van der Waals surface area (Å²) >= 11 is 3.55. The van der Waals surface area contributed by atoms with Gasteiger partial charge < -0.3 is 10.1 Å². The SMILES string of the molecule is COc1cccc(-c2nc3ccc(Br)cn3c2NCc2ccccc2)c1. The Hall–Kier alpha value is -2.79. The zero-order chi connectivity index (χ0) is 17.9. The third kappa shape index (κ3) is 3.30. The molecule has 5 heteroatoms. The predicted molar refractivity (Wildman–Crippen MR) is 109 cm³/mol. The van der Waals surface area contributed by atoms with E-state index < -0.39 is 0 Å². The molecule has 0 fully saturated rings. The van der Waals surface area contributed by atoms with E-state index in [1.54, 1.807) is 7.11 Å². The largest absolute Gasteiger partial charge is 0.497 e. The second kappa shape index (κ2) is 7.22. The van der Waals surface area contributed by atoms with Crippen molar-refractivity contribution in [3.63, 3.8) is 0 Å². The smallest absolute Gasteiger partial charge is 0.139 e. The fraction of sp³-hybridized carbons (Fsp3) is 0.0952. The molecule has 130 valence electrons. The van der Waals surface area contributed by atoms with Crippen LogP contribution in [0.2, 0.25) is 0 Å². The molecule has 2 heterocycles. The molecule has 0 aliphatic carbocycles. The number of nitrogens with zero attached hydrogens (tertiary/aromatic N) is 2. The van der Waals surface area contributed by atoms with E-state index in [4.69, 9.17) is 9.72 Å². The lowest BCUT2D eigenvalue weighted by Gasteiger charge is -2.10. The molecule has 0 amide bonds. The first-order valence-corrected chi connectivity index (χ1v) is 9.14. The van der Waals surface area contributed by atoms with E-state index in [1.165, 1.54) is 5.56 Å². The molecular weight excluding hydrogens is 390 g/mol. The number of methoxy groups -OCH3 is 1. The Balaban J connectivity index is 1.80. The molecule has 26 heavy (non-hydrogen) atoms. The van der Waals surface area contributed by atoms with Gasteiger partial charge in [-0.15, -0.1) is 0 Å². The molecule has 1 N–H and O–H groups in total. The van der Waals surface area contributed by atoms with Crippen molar-refractivity contribution < 1.29 is 4.74 Å². The molecule has 4 rings (SSSR count). The summed E-state index contributed by atoms with van der Waals surface area (Å²) < 4.78 is 8.45. The highest BCUT2D eigenvalue weighted by Gasteiger charge is 2.15. The third-order valence-corrected chi connectivity index (χ3v) is 4.70. The van der Waals surface area contributed by atoms with Gasteiger partial charge in [-0.3, -0.25) is 4.40 Å². The highest BCUT2D eigenvalue weighted by molar-refractivity contribution is 9.10. The first-order chi connectivity index (χ1) is 12.7. The van der Waals surface area contributed by atoms with Crippen LogP contribution in [-0.2, 0) is 6.54 Å². The average Bonchev–Trinajstić information content (AvgIpc) is 3.05. The van der Waals surface area contributed by atoms with E-state index in [9.17, 15) is 0 Å². The van der Waals surface area contributed by atoms with Gasteiger partial charge in [0.15, 0.2) is 0 Å². The molecule has 0 bridgehead atoms. The maximum atomic E-state index is 5.38. The van der Waals surface area contributed by atoms with Crippen molar-refractivity contribution in [1.29, 1.82) is 0 Å². The summed E-state index contributed by atoms with van der Waals surface area (Å²) in [6, 6.07) is 22.3. The number of benzene rings is 2. The number of aromatic nitrogens is 2. The van der Waals surface area contributed by atoms with Crippen molar-refractivity contribution in [2.75, 3.05) is 12.4 Å². The number of hydrogen-bond donors (Lipinski definition) is 1. The number of nitrogens with one attached hydrogen (secondary N) is 1. The first kappa shape index (κ1) is 16.7. The van der Waals surface area contributed by atoms with E-state index in [0.29, 0.717) is 0 Å². The lowest BCUT2D eigenvalue weighted by molar-refractivity contribution is 0.415. The molecule has 0 aliphatic heterocycles. The molecule has 0 saturated carbocycles. The summed E-state index contributed by atoms with van der Waals surface area (Å²) in [7, 11) is 1.68. The van der Waals surface area contributed by atoms with E-state index in [1.807, 2.05) is 60.8 Å². The van der Waals surface area contributed by atoms with Crippen LogP contribution in [0.15, 0.2) is 77.4 Å². The van der Waals surface area contributed by atoms with Gasteiger partial charge in [-0.1, -0.05) is 42.5 Å². The lowest BCUT2D eigenvalue weighted by atomic mass is 10.1. The normalized spacial score (nSPS) is 10.8. The van der Waals surface area contributed by atoms with Crippen LogP contribution in [-0.4, -0.2) is 16.5 Å². The Morgan fingerprint density at radius 3 is 2.69 bits per heavy atom. The van der Waals surface area contributed by atoms with E-state index >= 15 is 0 Å². The van der Waals surface area contributed by atoms with Crippen LogP contribution in [0.4, 0.5) is 5.82 Å². The van der Waals surface area contributed by atoms with Crippen LogP contribution in [0, 0.1) is 0 Å². The minimum atomic E-state index is 0.720. The molecule has 0 atom stereocenters. The zero-order valence-electron chi connectivity index (χ0n) is 14.3. The molecule has 4 aromatic rings. The van der Waals surface area contributed by atoms with Crippen LogP contribution in [0.1, 0.15) is 5.56 Å². The lowest BCUT2D eigenvalue weighted by Crippen LogP contribution is -2.03. The second-order valence-corrected chi connectivity index (χ2v) is 6.87. The Kier molecular flexibility index (Phi) is 4.63. The summed E-state index contributed by atoms with van der Waals surface area (Å²) in [6.45, 7) is 0.720. The summed E-state index contributed by atoms with van der Waals surface area (Å²) in [5, 5.41) is 3.55. The average molecular weight is 408 g/mol. The van der Waals surface area contributed by atoms with Gasteiger partial charge in [-0.25, -0.2) is 4.98 Å². The van der Waals surface area contributed by atoms with Gasteiger partial charge in [0, 0.05) is 22.8 Å². The number of fused-ring (bicyclic) bond motifs is 1. The second-order valence-electron chi connectivity index (χ2n) is 5.96. The molecule has 0 unspecified atom stereocenters. The maximum Gasteiger partial charge on any atom is 0.139 e. The number of imidazole rings is 1. The molecule has 2 aromatic carbocycles. The molecule has 2 aromatic heterocycles. The Labute approximate surface area is 160 Å². The van der Waals surface area contributed by atoms with Gasteiger partial charge in [0.05, 0.1) is 7.11 Å². The number of pyridine rings is 1. The Bertz CT molecular complexity index is 1040. The van der Waals surface area contributed by atoms with Gasteiger partial charge in [0.2, 0.25) is 0 Å². The number of anilines is 1. The zero-order valence-corrected chi connectivity index (χ0v) is 15.9. The minimum absolute atomic E-state index is 0.720. The van der Waals surface area contributed by atoms with Crippen molar-refractivity contribution in [1.82, 2.24) is 9.38 Å². The van der Waals surface area contributed by atoms with E-state index in [-0.39, 0.29) is 0 Å². The number of rotatable bonds is 5. The standard InChI is InChI=1S/C21H18BrN3O/c1-26-18-9-5-8-16(12-18)20-21(23-13-15-6-3-2-4-7-15)25-14-17(22)10-11-19(25)24-20/h2-12,14,23H,13H2,1H3. The van der Waals surface area contributed by atoms with Gasteiger partial charge >= 0.3 is 0 Å². The van der Waals surface area contributed by atoms with Crippen LogP contribution in [0.25, 0.3) is 16.9 Å². The highest BCUT2D eigenvalue weighted by Crippen LogP contribution is 2.32. The molecule has 0 saturated heterocycles.